The smallest absolute Gasteiger partial charge is 0.251 e. The van der Waals surface area contributed by atoms with Gasteiger partial charge in [0.1, 0.15) is 0 Å². The molecule has 0 bridgehead atoms. The summed E-state index contributed by atoms with van der Waals surface area (Å²) in [5.41, 5.74) is 6.70. The molecular formula is C12H12BrClN4O. The molecule has 0 aliphatic carbocycles. The van der Waals surface area contributed by atoms with Gasteiger partial charge in [0.05, 0.1) is 23.5 Å². The van der Waals surface area contributed by atoms with Crippen LogP contribution in [0.1, 0.15) is 10.4 Å². The van der Waals surface area contributed by atoms with Gasteiger partial charge in [0.25, 0.3) is 5.91 Å². The summed E-state index contributed by atoms with van der Waals surface area (Å²) < 4.78 is 2.37. The fourth-order valence-corrected chi connectivity index (χ4v) is 2.02. The lowest BCUT2D eigenvalue weighted by Crippen LogP contribution is -2.27. The topological polar surface area (TPSA) is 72.9 Å². The molecule has 5 nitrogen and oxygen atoms in total. The maximum Gasteiger partial charge on any atom is 0.251 e. The predicted octanol–water partition coefficient (Wildman–Crippen LogP) is 2.31. The molecule has 0 spiro atoms. The van der Waals surface area contributed by atoms with Crippen LogP contribution >= 0.6 is 27.5 Å². The van der Waals surface area contributed by atoms with Gasteiger partial charge in [-0.1, -0.05) is 11.6 Å². The van der Waals surface area contributed by atoms with E-state index in [1.165, 1.54) is 0 Å². The Balaban J connectivity index is 1.89. The first-order valence-electron chi connectivity index (χ1n) is 5.57. The Hall–Kier alpha value is -1.53. The fraction of sp³-hybridized carbons (Fsp3) is 0.167. The molecule has 1 aromatic carbocycles. The highest BCUT2D eigenvalue weighted by Gasteiger charge is 2.07. The average molecular weight is 344 g/mol. The Morgan fingerprint density at radius 1 is 1.53 bits per heavy atom. The Kier molecular flexibility index (Phi) is 4.44. The van der Waals surface area contributed by atoms with Crippen LogP contribution in [0.15, 0.2) is 35.1 Å². The van der Waals surface area contributed by atoms with Crippen LogP contribution in [0, 0.1) is 0 Å². The minimum Gasteiger partial charge on any atom is -0.396 e. The minimum atomic E-state index is -0.155. The van der Waals surface area contributed by atoms with E-state index in [1.807, 2.05) is 0 Å². The zero-order valence-corrected chi connectivity index (χ0v) is 12.3. The number of benzene rings is 1. The molecule has 2 rings (SSSR count). The van der Waals surface area contributed by atoms with E-state index in [4.69, 9.17) is 17.3 Å². The van der Waals surface area contributed by atoms with Crippen molar-refractivity contribution >= 4 is 39.1 Å². The van der Waals surface area contributed by atoms with Crippen LogP contribution in [-0.4, -0.2) is 22.2 Å². The lowest BCUT2D eigenvalue weighted by Gasteiger charge is -2.06. The lowest BCUT2D eigenvalue weighted by molar-refractivity contribution is 0.0952. The third kappa shape index (κ3) is 3.71. The molecule has 7 heteroatoms. The number of nitrogens with two attached hydrogens (primary N) is 1. The summed E-state index contributed by atoms with van der Waals surface area (Å²) >= 11 is 9.15. The van der Waals surface area contributed by atoms with Crippen LogP contribution in [0.4, 0.5) is 5.69 Å². The summed E-state index contributed by atoms with van der Waals surface area (Å²) in [6, 6.07) is 5.03. The van der Waals surface area contributed by atoms with E-state index in [0.29, 0.717) is 33.8 Å². The molecule has 19 heavy (non-hydrogen) atoms. The Labute approximate surface area is 123 Å². The Morgan fingerprint density at radius 2 is 2.32 bits per heavy atom. The van der Waals surface area contributed by atoms with Crippen LogP contribution in [-0.2, 0) is 6.54 Å². The molecular weight excluding hydrogens is 332 g/mol. The number of anilines is 1. The number of carbonyl (C=O) groups is 1. The van der Waals surface area contributed by atoms with Gasteiger partial charge in [0.15, 0.2) is 0 Å². The third-order valence-electron chi connectivity index (χ3n) is 2.46. The third-order valence-corrected chi connectivity index (χ3v) is 3.68. The van der Waals surface area contributed by atoms with Gasteiger partial charge in [-0.3, -0.25) is 9.48 Å². The molecule has 0 aliphatic heterocycles. The number of carbonyl (C=O) groups excluding carboxylic acids is 1. The van der Waals surface area contributed by atoms with Gasteiger partial charge in [0, 0.05) is 22.8 Å². The van der Waals surface area contributed by atoms with E-state index in [-0.39, 0.29) is 5.91 Å². The SMILES string of the molecule is Nc1cnn(CCNC(=O)c2ccc(Cl)c(Br)c2)c1. The van der Waals surface area contributed by atoms with E-state index in [0.717, 1.165) is 0 Å². The number of nitrogens with one attached hydrogen (secondary N) is 1. The number of hydrogen-bond donors (Lipinski definition) is 2. The summed E-state index contributed by atoms with van der Waals surface area (Å²) in [7, 11) is 0. The first kappa shape index (κ1) is 13.9. The molecule has 1 aromatic heterocycles. The van der Waals surface area contributed by atoms with Crippen molar-refractivity contribution in [1.29, 1.82) is 0 Å². The monoisotopic (exact) mass is 342 g/mol. The van der Waals surface area contributed by atoms with Gasteiger partial charge in [-0.05, 0) is 34.1 Å². The molecule has 0 radical (unpaired) electrons. The number of hydrogen-bond acceptors (Lipinski definition) is 3. The van der Waals surface area contributed by atoms with E-state index in [2.05, 4.69) is 26.3 Å². The van der Waals surface area contributed by atoms with E-state index >= 15 is 0 Å². The second kappa shape index (κ2) is 6.08. The van der Waals surface area contributed by atoms with Gasteiger partial charge >= 0.3 is 0 Å². The highest BCUT2D eigenvalue weighted by Crippen LogP contribution is 2.23. The van der Waals surface area contributed by atoms with Crippen molar-refractivity contribution in [3.05, 3.63) is 45.7 Å². The number of nitrogen functional groups attached to an aromatic ring is 1. The van der Waals surface area contributed by atoms with Crippen molar-refractivity contribution in [2.24, 2.45) is 0 Å². The average Bonchev–Trinajstić information content (AvgIpc) is 2.78. The van der Waals surface area contributed by atoms with Crippen LogP contribution in [0.5, 0.6) is 0 Å². The predicted molar refractivity (Wildman–Crippen MR) is 78.1 cm³/mol. The van der Waals surface area contributed by atoms with E-state index in [9.17, 15) is 4.79 Å². The summed E-state index contributed by atoms with van der Waals surface area (Å²) in [4.78, 5) is 11.9. The summed E-state index contributed by atoms with van der Waals surface area (Å²) in [6.07, 6.45) is 3.28. The molecule has 0 atom stereocenters. The van der Waals surface area contributed by atoms with Gasteiger partial charge < -0.3 is 11.1 Å². The lowest BCUT2D eigenvalue weighted by atomic mass is 10.2. The largest absolute Gasteiger partial charge is 0.396 e. The molecule has 0 saturated heterocycles. The standard InChI is InChI=1S/C12H12BrClN4O/c13-10-5-8(1-2-11(10)14)12(19)16-3-4-18-7-9(15)6-17-18/h1-2,5-7H,3-4,15H2,(H,16,19). The minimum absolute atomic E-state index is 0.155. The first-order chi connectivity index (χ1) is 9.06. The Bertz CT molecular complexity index is 599. The highest BCUT2D eigenvalue weighted by molar-refractivity contribution is 9.10. The molecule has 3 N–H and O–H groups in total. The van der Waals surface area contributed by atoms with Crippen molar-refractivity contribution < 1.29 is 4.79 Å². The van der Waals surface area contributed by atoms with Crippen molar-refractivity contribution in [1.82, 2.24) is 15.1 Å². The summed E-state index contributed by atoms with van der Waals surface area (Å²) in [5, 5.41) is 7.40. The number of halogens is 2. The molecule has 1 amide bonds. The molecule has 2 aromatic rings. The first-order valence-corrected chi connectivity index (χ1v) is 6.74. The normalized spacial score (nSPS) is 10.4. The molecule has 100 valence electrons. The molecule has 1 heterocycles. The quantitative estimate of drug-likeness (QED) is 0.895. The van der Waals surface area contributed by atoms with Gasteiger partial charge in [-0.2, -0.15) is 5.10 Å². The van der Waals surface area contributed by atoms with Crippen LogP contribution in [0.2, 0.25) is 5.02 Å². The van der Waals surface area contributed by atoms with Crippen LogP contribution in [0.25, 0.3) is 0 Å². The second-order valence-corrected chi connectivity index (χ2v) is 5.18. The molecule has 0 fully saturated rings. The maximum atomic E-state index is 11.9. The van der Waals surface area contributed by atoms with E-state index < -0.39 is 0 Å². The molecule has 0 saturated carbocycles. The molecule has 0 aliphatic rings. The number of amides is 1. The number of rotatable bonds is 4. The summed E-state index contributed by atoms with van der Waals surface area (Å²) in [5.74, 6) is -0.155. The number of aromatic nitrogens is 2. The van der Waals surface area contributed by atoms with Crippen LogP contribution < -0.4 is 11.1 Å². The summed E-state index contributed by atoms with van der Waals surface area (Å²) in [6.45, 7) is 1.04. The van der Waals surface area contributed by atoms with E-state index in [1.54, 1.807) is 35.3 Å². The van der Waals surface area contributed by atoms with Crippen molar-refractivity contribution in [2.45, 2.75) is 6.54 Å². The highest BCUT2D eigenvalue weighted by atomic mass is 79.9. The van der Waals surface area contributed by atoms with Crippen molar-refractivity contribution in [2.75, 3.05) is 12.3 Å². The fourth-order valence-electron chi connectivity index (χ4n) is 1.53. The maximum absolute atomic E-state index is 11.9. The van der Waals surface area contributed by atoms with Gasteiger partial charge in [-0.15, -0.1) is 0 Å². The van der Waals surface area contributed by atoms with Gasteiger partial charge in [-0.25, -0.2) is 0 Å². The number of nitrogens with zero attached hydrogens (tertiary/aromatic N) is 2. The van der Waals surface area contributed by atoms with Gasteiger partial charge in [0.2, 0.25) is 0 Å². The van der Waals surface area contributed by atoms with Crippen molar-refractivity contribution in [3.8, 4) is 0 Å². The van der Waals surface area contributed by atoms with Crippen molar-refractivity contribution in [3.63, 3.8) is 0 Å². The zero-order chi connectivity index (χ0) is 13.8. The zero-order valence-electron chi connectivity index (χ0n) is 9.94. The molecule has 0 unspecified atom stereocenters. The Morgan fingerprint density at radius 3 is 2.95 bits per heavy atom. The van der Waals surface area contributed by atoms with Crippen LogP contribution in [0.3, 0.4) is 0 Å². The second-order valence-electron chi connectivity index (χ2n) is 3.92.